The van der Waals surface area contributed by atoms with Crippen LogP contribution in [0.4, 0.5) is 5.00 Å². The molecular weight excluding hydrogens is 499 g/mol. The minimum Gasteiger partial charge on any atom is -0.313 e. The van der Waals surface area contributed by atoms with Crippen LogP contribution in [0.2, 0.25) is 0 Å². The van der Waals surface area contributed by atoms with Gasteiger partial charge >= 0.3 is 0 Å². The number of aromatic nitrogens is 1. The number of hydrogen-bond donors (Lipinski definition) is 1. The number of benzene rings is 3. The Kier molecular flexibility index (Phi) is 6.48. The average Bonchev–Trinajstić information content (AvgIpc) is 3.51. The Morgan fingerprint density at radius 2 is 1.66 bits per heavy atom. The third-order valence-electron chi connectivity index (χ3n) is 5.49. The van der Waals surface area contributed by atoms with Crippen molar-refractivity contribution >= 4 is 53.8 Å². The van der Waals surface area contributed by atoms with E-state index < -0.39 is 10.0 Å². The van der Waals surface area contributed by atoms with Gasteiger partial charge in [-0.15, -0.1) is 22.7 Å². The highest BCUT2D eigenvalue weighted by Crippen LogP contribution is 2.37. The fraction of sp³-hybridized carbons (Fsp3) is 0.0769. The summed E-state index contributed by atoms with van der Waals surface area (Å²) >= 11 is 2.99. The van der Waals surface area contributed by atoms with Gasteiger partial charge in [0.15, 0.2) is 0 Å². The Labute approximate surface area is 211 Å². The Bertz CT molecular complexity index is 1560. The van der Waals surface area contributed by atoms with E-state index in [1.54, 1.807) is 18.4 Å². The van der Waals surface area contributed by atoms with Crippen LogP contribution in [-0.4, -0.2) is 30.7 Å². The Balaban J connectivity index is 1.31. The Morgan fingerprint density at radius 1 is 0.943 bits per heavy atom. The molecule has 0 aliphatic heterocycles. The molecule has 5 rings (SSSR count). The van der Waals surface area contributed by atoms with Gasteiger partial charge < -0.3 is 5.32 Å². The number of hydrogen-bond acceptors (Lipinski definition) is 6. The van der Waals surface area contributed by atoms with E-state index in [1.807, 2.05) is 66.0 Å². The quantitative estimate of drug-likeness (QED) is 0.282. The number of fused-ring (bicyclic) bond motifs is 1. The highest BCUT2D eigenvalue weighted by molar-refractivity contribution is 7.89. The number of amides is 1. The largest absolute Gasteiger partial charge is 0.313 e. The first-order valence-electron chi connectivity index (χ1n) is 10.8. The number of carbonyl (C=O) groups excluding carboxylic acids is 1. The maximum absolute atomic E-state index is 13.0. The summed E-state index contributed by atoms with van der Waals surface area (Å²) in [6.45, 7) is 0.262. The van der Waals surface area contributed by atoms with E-state index in [9.17, 15) is 13.2 Å². The number of nitrogens with zero attached hydrogens (tertiary/aromatic N) is 2. The van der Waals surface area contributed by atoms with Crippen LogP contribution in [0.5, 0.6) is 0 Å². The molecule has 0 fully saturated rings. The van der Waals surface area contributed by atoms with Gasteiger partial charge in [0.05, 0.1) is 15.1 Å². The number of anilines is 1. The van der Waals surface area contributed by atoms with Gasteiger partial charge in [0.25, 0.3) is 5.91 Å². The molecule has 0 aliphatic carbocycles. The molecule has 0 aliphatic rings. The summed E-state index contributed by atoms with van der Waals surface area (Å²) < 4.78 is 28.3. The monoisotopic (exact) mass is 519 g/mol. The molecule has 0 spiro atoms. The van der Waals surface area contributed by atoms with E-state index in [0.29, 0.717) is 10.6 Å². The van der Waals surface area contributed by atoms with Gasteiger partial charge in [-0.1, -0.05) is 42.5 Å². The number of thiazole rings is 1. The number of nitrogens with one attached hydrogen (secondary N) is 1. The second-order valence-electron chi connectivity index (χ2n) is 7.88. The lowest BCUT2D eigenvalue weighted by Crippen LogP contribution is -2.26. The zero-order chi connectivity index (χ0) is 24.4. The van der Waals surface area contributed by atoms with E-state index in [4.69, 9.17) is 0 Å². The van der Waals surface area contributed by atoms with Gasteiger partial charge in [-0.25, -0.2) is 13.4 Å². The molecule has 0 unspecified atom stereocenters. The van der Waals surface area contributed by atoms with E-state index in [1.165, 1.54) is 39.9 Å². The third-order valence-corrected chi connectivity index (χ3v) is 9.21. The van der Waals surface area contributed by atoms with Gasteiger partial charge in [-0.3, -0.25) is 4.79 Å². The number of para-hydroxylation sites is 1. The molecule has 0 saturated heterocycles. The fourth-order valence-corrected chi connectivity index (χ4v) is 6.63. The van der Waals surface area contributed by atoms with Crippen LogP contribution in [0.25, 0.3) is 20.8 Å². The van der Waals surface area contributed by atoms with Gasteiger partial charge in [0.2, 0.25) is 10.0 Å². The molecule has 2 heterocycles. The third kappa shape index (κ3) is 4.89. The van der Waals surface area contributed by atoms with Crippen LogP contribution in [0, 0.1) is 0 Å². The van der Waals surface area contributed by atoms with Crippen LogP contribution in [-0.2, 0) is 16.6 Å². The van der Waals surface area contributed by atoms with Gasteiger partial charge in [-0.05, 0) is 53.4 Å². The fourth-order valence-electron chi connectivity index (χ4n) is 3.62. The molecule has 2 aromatic heterocycles. The highest BCUT2D eigenvalue weighted by Gasteiger charge is 2.22. The topological polar surface area (TPSA) is 79.4 Å². The van der Waals surface area contributed by atoms with E-state index in [2.05, 4.69) is 10.3 Å². The second-order valence-corrected chi connectivity index (χ2v) is 11.9. The second kappa shape index (κ2) is 9.71. The number of thiophene rings is 1. The molecule has 1 amide bonds. The van der Waals surface area contributed by atoms with Crippen molar-refractivity contribution in [2.24, 2.45) is 0 Å². The average molecular weight is 520 g/mol. The summed E-state index contributed by atoms with van der Waals surface area (Å²) in [5.74, 6) is -0.309. The molecule has 0 atom stereocenters. The first-order chi connectivity index (χ1) is 16.9. The maximum Gasteiger partial charge on any atom is 0.256 e. The summed E-state index contributed by atoms with van der Waals surface area (Å²) in [5.41, 5.74) is 3.06. The van der Waals surface area contributed by atoms with Crippen molar-refractivity contribution in [3.05, 3.63) is 101 Å². The standard InChI is InChI=1S/C26H21N3O3S3/c1-29(17-18-7-3-2-4-8-18)35(31,32)20-13-11-19(12-14-20)24(30)28-25-21(15-16-33-25)26-27-22-9-5-6-10-23(22)34-26/h2-16H,17H2,1H3,(H,28,30). The van der Waals surface area contributed by atoms with Crippen LogP contribution in [0.15, 0.2) is 95.2 Å². The van der Waals surface area contributed by atoms with Crippen LogP contribution < -0.4 is 5.32 Å². The Hall–Kier alpha value is -3.37. The molecule has 9 heteroatoms. The smallest absolute Gasteiger partial charge is 0.256 e. The lowest BCUT2D eigenvalue weighted by molar-refractivity contribution is 0.102. The SMILES string of the molecule is CN(Cc1ccccc1)S(=O)(=O)c1ccc(C(=O)Nc2sccc2-c2nc3ccccc3s2)cc1. The predicted octanol–water partition coefficient (Wildman–Crippen LogP) is 6.10. The molecule has 0 bridgehead atoms. The van der Waals surface area contributed by atoms with Crippen molar-refractivity contribution in [2.45, 2.75) is 11.4 Å². The zero-order valence-corrected chi connectivity index (χ0v) is 21.2. The van der Waals surface area contributed by atoms with Crippen molar-refractivity contribution < 1.29 is 13.2 Å². The van der Waals surface area contributed by atoms with E-state index in [0.717, 1.165) is 26.4 Å². The van der Waals surface area contributed by atoms with Crippen LogP contribution >= 0.6 is 22.7 Å². The lowest BCUT2D eigenvalue weighted by Gasteiger charge is -2.17. The van der Waals surface area contributed by atoms with Crippen molar-refractivity contribution in [2.75, 3.05) is 12.4 Å². The summed E-state index contributed by atoms with van der Waals surface area (Å²) in [7, 11) is -2.14. The molecule has 5 aromatic rings. The van der Waals surface area contributed by atoms with E-state index in [-0.39, 0.29) is 17.3 Å². The van der Waals surface area contributed by atoms with Crippen molar-refractivity contribution in [1.29, 1.82) is 0 Å². The molecule has 176 valence electrons. The highest BCUT2D eigenvalue weighted by atomic mass is 32.2. The van der Waals surface area contributed by atoms with Crippen molar-refractivity contribution in [3.8, 4) is 10.6 Å². The Morgan fingerprint density at radius 3 is 2.40 bits per heavy atom. The summed E-state index contributed by atoms with van der Waals surface area (Å²) in [6.07, 6.45) is 0. The van der Waals surface area contributed by atoms with E-state index >= 15 is 0 Å². The molecule has 6 nitrogen and oxygen atoms in total. The predicted molar refractivity (Wildman–Crippen MR) is 142 cm³/mol. The van der Waals surface area contributed by atoms with Crippen molar-refractivity contribution in [1.82, 2.24) is 9.29 Å². The molecule has 0 saturated carbocycles. The first kappa shape index (κ1) is 23.4. The number of sulfonamides is 1. The maximum atomic E-state index is 13.0. The normalized spacial score (nSPS) is 11.7. The molecular formula is C26H21N3O3S3. The molecule has 3 aromatic carbocycles. The minimum absolute atomic E-state index is 0.138. The summed E-state index contributed by atoms with van der Waals surface area (Å²) in [4.78, 5) is 17.7. The summed E-state index contributed by atoms with van der Waals surface area (Å²) in [5, 5.41) is 6.40. The first-order valence-corrected chi connectivity index (χ1v) is 13.9. The molecule has 35 heavy (non-hydrogen) atoms. The minimum atomic E-state index is -3.69. The zero-order valence-electron chi connectivity index (χ0n) is 18.7. The van der Waals surface area contributed by atoms with Crippen molar-refractivity contribution in [3.63, 3.8) is 0 Å². The lowest BCUT2D eigenvalue weighted by atomic mass is 10.2. The van der Waals surface area contributed by atoms with Gasteiger partial charge in [0.1, 0.15) is 10.0 Å². The molecule has 1 N–H and O–H groups in total. The molecule has 0 radical (unpaired) electrons. The summed E-state index contributed by atoms with van der Waals surface area (Å²) in [6, 6.07) is 25.3. The number of carbonyl (C=O) groups is 1. The van der Waals surface area contributed by atoms with Crippen LogP contribution in [0.1, 0.15) is 15.9 Å². The van der Waals surface area contributed by atoms with Gasteiger partial charge in [-0.2, -0.15) is 4.31 Å². The number of rotatable bonds is 7. The van der Waals surface area contributed by atoms with Crippen LogP contribution in [0.3, 0.4) is 0 Å². The van der Waals surface area contributed by atoms with Gasteiger partial charge in [0, 0.05) is 24.7 Å².